The largest absolute Gasteiger partial charge is 0.356 e. The second kappa shape index (κ2) is 7.54. The van der Waals surface area contributed by atoms with Gasteiger partial charge in [-0.2, -0.15) is 0 Å². The molecule has 6 heteroatoms. The fourth-order valence-electron chi connectivity index (χ4n) is 3.85. The molecular formula is C23H22FN3O2. The van der Waals surface area contributed by atoms with Crippen LogP contribution < -0.4 is 10.6 Å². The molecule has 0 spiro atoms. The Morgan fingerprint density at radius 1 is 1.24 bits per heavy atom. The molecule has 0 unspecified atom stereocenters. The van der Waals surface area contributed by atoms with Crippen molar-refractivity contribution < 1.29 is 14.0 Å². The zero-order chi connectivity index (χ0) is 20.5. The molecule has 4 rings (SSSR count). The average molecular weight is 391 g/mol. The van der Waals surface area contributed by atoms with E-state index in [-0.39, 0.29) is 17.6 Å². The van der Waals surface area contributed by atoms with E-state index in [9.17, 15) is 14.0 Å². The second-order valence-electron chi connectivity index (χ2n) is 7.36. The number of aromatic amines is 1. The lowest BCUT2D eigenvalue weighted by atomic mass is 10.0. The highest BCUT2D eigenvalue weighted by Crippen LogP contribution is 2.28. The third kappa shape index (κ3) is 3.78. The van der Waals surface area contributed by atoms with E-state index in [1.165, 1.54) is 12.1 Å². The molecule has 148 valence electrons. The monoisotopic (exact) mass is 391 g/mol. The van der Waals surface area contributed by atoms with Crippen LogP contribution in [0.4, 0.5) is 10.1 Å². The fourth-order valence-corrected chi connectivity index (χ4v) is 3.85. The molecule has 2 aromatic carbocycles. The Labute approximate surface area is 168 Å². The maximum Gasteiger partial charge on any atom is 0.244 e. The van der Waals surface area contributed by atoms with Crippen LogP contribution >= 0.6 is 0 Å². The molecule has 2 amide bonds. The summed E-state index contributed by atoms with van der Waals surface area (Å²) in [5.41, 5.74) is 6.11. The Morgan fingerprint density at radius 2 is 2.07 bits per heavy atom. The maximum absolute atomic E-state index is 14.0. The van der Waals surface area contributed by atoms with Crippen molar-refractivity contribution in [3.05, 3.63) is 70.2 Å². The number of nitrogens with one attached hydrogen (secondary N) is 3. The third-order valence-electron chi connectivity index (χ3n) is 5.29. The molecule has 0 atom stereocenters. The first-order chi connectivity index (χ1) is 13.9. The van der Waals surface area contributed by atoms with Crippen LogP contribution in [0.5, 0.6) is 0 Å². The molecule has 0 aliphatic carbocycles. The third-order valence-corrected chi connectivity index (χ3v) is 5.29. The van der Waals surface area contributed by atoms with E-state index in [1.54, 1.807) is 12.1 Å². The van der Waals surface area contributed by atoms with Crippen LogP contribution in [0.15, 0.2) is 36.4 Å². The molecule has 1 aliphatic heterocycles. The van der Waals surface area contributed by atoms with Crippen molar-refractivity contribution in [2.24, 2.45) is 0 Å². The highest BCUT2D eigenvalue weighted by molar-refractivity contribution is 5.99. The van der Waals surface area contributed by atoms with Crippen molar-refractivity contribution in [3.8, 4) is 0 Å². The number of H-pyrrole nitrogens is 1. The summed E-state index contributed by atoms with van der Waals surface area (Å²) in [4.78, 5) is 26.7. The SMILES string of the molecule is Cc1[nH]c2c(F)ccc(C)c2c1CCNC(=O)C=Cc1ccc2c(c1)CC(=O)N2. The molecular weight excluding hydrogens is 369 g/mol. The van der Waals surface area contributed by atoms with Gasteiger partial charge in [-0.3, -0.25) is 9.59 Å². The Kier molecular flexibility index (Phi) is 4.92. The van der Waals surface area contributed by atoms with Gasteiger partial charge in [0, 0.05) is 29.4 Å². The van der Waals surface area contributed by atoms with Gasteiger partial charge >= 0.3 is 0 Å². The molecule has 5 nitrogen and oxygen atoms in total. The summed E-state index contributed by atoms with van der Waals surface area (Å²) < 4.78 is 14.0. The molecule has 2 heterocycles. The van der Waals surface area contributed by atoms with Gasteiger partial charge in [-0.25, -0.2) is 4.39 Å². The first-order valence-corrected chi connectivity index (χ1v) is 9.57. The second-order valence-corrected chi connectivity index (χ2v) is 7.36. The lowest BCUT2D eigenvalue weighted by molar-refractivity contribution is -0.116. The van der Waals surface area contributed by atoms with Gasteiger partial charge in [-0.1, -0.05) is 12.1 Å². The predicted molar refractivity (Wildman–Crippen MR) is 112 cm³/mol. The number of rotatable bonds is 5. The summed E-state index contributed by atoms with van der Waals surface area (Å²) in [6.07, 6.45) is 4.20. The van der Waals surface area contributed by atoms with Gasteiger partial charge in [0.1, 0.15) is 5.82 Å². The number of fused-ring (bicyclic) bond motifs is 2. The predicted octanol–water partition coefficient (Wildman–Crippen LogP) is 3.79. The van der Waals surface area contributed by atoms with Gasteiger partial charge in [0.05, 0.1) is 11.9 Å². The van der Waals surface area contributed by atoms with Crippen LogP contribution in [0.25, 0.3) is 17.0 Å². The molecule has 3 N–H and O–H groups in total. The van der Waals surface area contributed by atoms with Gasteiger partial charge in [-0.15, -0.1) is 0 Å². The van der Waals surface area contributed by atoms with Gasteiger partial charge < -0.3 is 15.6 Å². The van der Waals surface area contributed by atoms with E-state index in [1.807, 2.05) is 32.0 Å². The molecule has 0 saturated carbocycles. The Balaban J connectivity index is 1.39. The minimum atomic E-state index is -0.266. The summed E-state index contributed by atoms with van der Waals surface area (Å²) in [6, 6.07) is 8.86. The lowest BCUT2D eigenvalue weighted by Gasteiger charge is -2.05. The summed E-state index contributed by atoms with van der Waals surface area (Å²) in [6.45, 7) is 4.33. The number of benzene rings is 2. The van der Waals surface area contributed by atoms with Crippen LogP contribution in [0.1, 0.15) is 27.9 Å². The van der Waals surface area contributed by atoms with E-state index < -0.39 is 0 Å². The van der Waals surface area contributed by atoms with E-state index in [4.69, 9.17) is 0 Å². The smallest absolute Gasteiger partial charge is 0.244 e. The van der Waals surface area contributed by atoms with Crippen LogP contribution in [-0.4, -0.2) is 23.3 Å². The van der Waals surface area contributed by atoms with Crippen molar-refractivity contribution in [2.45, 2.75) is 26.7 Å². The number of aryl methyl sites for hydroxylation is 2. The number of carbonyl (C=O) groups is 2. The lowest BCUT2D eigenvalue weighted by Crippen LogP contribution is -2.23. The molecule has 29 heavy (non-hydrogen) atoms. The molecule has 0 fully saturated rings. The standard InChI is InChI=1S/C23H22FN3O2/c1-13-3-6-18(24)23-22(13)17(14(2)26-23)9-10-25-20(28)8-5-15-4-7-19-16(11-15)12-21(29)27-19/h3-8,11,26H,9-10,12H2,1-2H3,(H,25,28)(H,27,29). The Hall–Kier alpha value is -3.41. The summed E-state index contributed by atoms with van der Waals surface area (Å²) in [7, 11) is 0. The number of hydrogen-bond acceptors (Lipinski definition) is 2. The highest BCUT2D eigenvalue weighted by Gasteiger charge is 2.17. The first kappa shape index (κ1) is 18.9. The van der Waals surface area contributed by atoms with Crippen molar-refractivity contribution in [1.29, 1.82) is 0 Å². The van der Waals surface area contributed by atoms with Crippen molar-refractivity contribution in [1.82, 2.24) is 10.3 Å². The van der Waals surface area contributed by atoms with Crippen molar-refractivity contribution >= 4 is 34.5 Å². The van der Waals surface area contributed by atoms with Gasteiger partial charge in [0.15, 0.2) is 0 Å². The van der Waals surface area contributed by atoms with Crippen molar-refractivity contribution in [3.63, 3.8) is 0 Å². The minimum Gasteiger partial charge on any atom is -0.356 e. The summed E-state index contributed by atoms with van der Waals surface area (Å²) in [5.74, 6) is -0.472. The van der Waals surface area contributed by atoms with Gasteiger partial charge in [0.25, 0.3) is 0 Å². The normalized spacial score (nSPS) is 13.1. The van der Waals surface area contributed by atoms with E-state index in [0.29, 0.717) is 24.9 Å². The van der Waals surface area contributed by atoms with E-state index in [0.717, 1.165) is 39.0 Å². The van der Waals surface area contributed by atoms with E-state index >= 15 is 0 Å². The molecule has 0 bridgehead atoms. The molecule has 0 saturated heterocycles. The number of amides is 2. The average Bonchev–Trinajstić information content (AvgIpc) is 3.22. The number of anilines is 1. The van der Waals surface area contributed by atoms with Crippen LogP contribution in [0.2, 0.25) is 0 Å². The number of halogens is 1. The topological polar surface area (TPSA) is 74.0 Å². The minimum absolute atomic E-state index is 0.0124. The zero-order valence-corrected chi connectivity index (χ0v) is 16.4. The van der Waals surface area contributed by atoms with Gasteiger partial charge in [-0.05, 0) is 66.8 Å². The maximum atomic E-state index is 14.0. The fraction of sp³-hybridized carbons (Fsp3) is 0.217. The van der Waals surface area contributed by atoms with Crippen LogP contribution in [-0.2, 0) is 22.4 Å². The molecule has 0 radical (unpaired) electrons. The molecule has 3 aromatic rings. The Bertz CT molecular complexity index is 1160. The Morgan fingerprint density at radius 3 is 2.90 bits per heavy atom. The number of hydrogen-bond donors (Lipinski definition) is 3. The molecule has 1 aliphatic rings. The highest BCUT2D eigenvalue weighted by atomic mass is 19.1. The van der Waals surface area contributed by atoms with Gasteiger partial charge in [0.2, 0.25) is 11.8 Å². The zero-order valence-electron chi connectivity index (χ0n) is 16.4. The quantitative estimate of drug-likeness (QED) is 0.579. The number of carbonyl (C=O) groups excluding carboxylic acids is 2. The first-order valence-electron chi connectivity index (χ1n) is 9.57. The van der Waals surface area contributed by atoms with Crippen LogP contribution in [0.3, 0.4) is 0 Å². The van der Waals surface area contributed by atoms with E-state index in [2.05, 4.69) is 15.6 Å². The summed E-state index contributed by atoms with van der Waals surface area (Å²) >= 11 is 0. The van der Waals surface area contributed by atoms with Crippen molar-refractivity contribution in [2.75, 3.05) is 11.9 Å². The molecule has 1 aromatic heterocycles. The van der Waals surface area contributed by atoms with Crippen LogP contribution in [0, 0.1) is 19.7 Å². The number of aromatic nitrogens is 1. The summed E-state index contributed by atoms with van der Waals surface area (Å²) in [5, 5.41) is 6.56.